The second kappa shape index (κ2) is 6.81. The van der Waals surface area contributed by atoms with E-state index in [1.807, 2.05) is 19.9 Å². The lowest BCUT2D eigenvalue weighted by Crippen LogP contribution is -2.24. The molecule has 0 aliphatic carbocycles. The van der Waals surface area contributed by atoms with Gasteiger partial charge in [-0.15, -0.1) is 0 Å². The molecule has 17 heavy (non-hydrogen) atoms. The van der Waals surface area contributed by atoms with Crippen LogP contribution in [0.15, 0.2) is 23.0 Å². The molecule has 1 N–H and O–H groups in total. The molecule has 1 aromatic heterocycles. The van der Waals surface area contributed by atoms with Gasteiger partial charge in [0.1, 0.15) is 0 Å². The quantitative estimate of drug-likeness (QED) is 0.724. The van der Waals surface area contributed by atoms with E-state index < -0.39 is 9.84 Å². The Morgan fingerprint density at radius 3 is 2.71 bits per heavy atom. The largest absolute Gasteiger partial charge is 0.472 e. The van der Waals surface area contributed by atoms with E-state index in [0.717, 1.165) is 12.0 Å². The summed E-state index contributed by atoms with van der Waals surface area (Å²) in [5, 5.41) is 3.09. The third-order valence-electron chi connectivity index (χ3n) is 2.51. The van der Waals surface area contributed by atoms with Crippen molar-refractivity contribution in [2.75, 3.05) is 18.1 Å². The molecule has 0 aliphatic heterocycles. The summed E-state index contributed by atoms with van der Waals surface area (Å²) in [4.78, 5) is 0. The molecule has 98 valence electrons. The van der Waals surface area contributed by atoms with Crippen LogP contribution in [0.1, 0.15) is 25.8 Å². The summed E-state index contributed by atoms with van der Waals surface area (Å²) in [6, 6.07) is 1.86. The molecule has 1 heterocycles. The number of furan rings is 1. The first kappa shape index (κ1) is 14.3. The molecule has 0 aliphatic rings. The summed E-state index contributed by atoms with van der Waals surface area (Å²) in [6.07, 6.45) is 4.00. The molecule has 0 amide bonds. The molecule has 1 aromatic rings. The second-order valence-corrected chi connectivity index (χ2v) is 6.95. The van der Waals surface area contributed by atoms with E-state index in [1.54, 1.807) is 12.5 Å². The number of hydrogen-bond acceptors (Lipinski definition) is 4. The first-order chi connectivity index (χ1) is 7.99. The zero-order chi connectivity index (χ0) is 12.7. The molecule has 0 aromatic carbocycles. The molecule has 0 saturated heterocycles. The lowest BCUT2D eigenvalue weighted by molar-refractivity contribution is 0.559. The van der Waals surface area contributed by atoms with Crippen molar-refractivity contribution >= 4 is 9.84 Å². The lowest BCUT2D eigenvalue weighted by atomic mass is 10.2. The molecule has 0 bridgehead atoms. The van der Waals surface area contributed by atoms with Crippen molar-refractivity contribution in [2.24, 2.45) is 5.92 Å². The van der Waals surface area contributed by atoms with Crippen LogP contribution in [0.3, 0.4) is 0 Å². The van der Waals surface area contributed by atoms with E-state index in [2.05, 4.69) is 5.32 Å². The van der Waals surface area contributed by atoms with E-state index in [9.17, 15) is 8.42 Å². The maximum atomic E-state index is 11.6. The summed E-state index contributed by atoms with van der Waals surface area (Å²) in [7, 11) is -2.90. The van der Waals surface area contributed by atoms with Crippen LogP contribution in [-0.4, -0.2) is 26.5 Å². The lowest BCUT2D eigenvalue weighted by Gasteiger charge is -2.07. The van der Waals surface area contributed by atoms with Crippen molar-refractivity contribution in [2.45, 2.75) is 26.8 Å². The average molecular weight is 259 g/mol. The van der Waals surface area contributed by atoms with Crippen molar-refractivity contribution in [1.82, 2.24) is 5.32 Å². The van der Waals surface area contributed by atoms with Crippen molar-refractivity contribution < 1.29 is 12.8 Å². The van der Waals surface area contributed by atoms with Gasteiger partial charge in [0, 0.05) is 18.7 Å². The van der Waals surface area contributed by atoms with Crippen LogP contribution in [0.4, 0.5) is 0 Å². The average Bonchev–Trinajstić information content (AvgIpc) is 2.75. The third-order valence-corrected chi connectivity index (χ3v) is 4.19. The highest BCUT2D eigenvalue weighted by Crippen LogP contribution is 2.03. The monoisotopic (exact) mass is 259 g/mol. The fourth-order valence-corrected chi connectivity index (χ4v) is 2.86. The minimum atomic E-state index is -2.90. The Labute approximate surface area is 103 Å². The van der Waals surface area contributed by atoms with Gasteiger partial charge in [0.05, 0.1) is 24.0 Å². The molecule has 4 nitrogen and oxygen atoms in total. The Bertz CT molecular complexity index is 395. The van der Waals surface area contributed by atoms with Crippen molar-refractivity contribution in [3.63, 3.8) is 0 Å². The maximum Gasteiger partial charge on any atom is 0.151 e. The van der Waals surface area contributed by atoms with E-state index in [1.165, 1.54) is 0 Å². The minimum Gasteiger partial charge on any atom is -0.472 e. The molecule has 0 fully saturated rings. The smallest absolute Gasteiger partial charge is 0.151 e. The third kappa shape index (κ3) is 6.48. The number of rotatable bonds is 8. The van der Waals surface area contributed by atoms with Gasteiger partial charge in [0.25, 0.3) is 0 Å². The van der Waals surface area contributed by atoms with E-state index >= 15 is 0 Å². The van der Waals surface area contributed by atoms with Crippen molar-refractivity contribution in [1.29, 1.82) is 0 Å². The Hall–Kier alpha value is -0.810. The van der Waals surface area contributed by atoms with Gasteiger partial charge in [-0.3, -0.25) is 0 Å². The van der Waals surface area contributed by atoms with Crippen LogP contribution in [0.25, 0.3) is 0 Å². The summed E-state index contributed by atoms with van der Waals surface area (Å²) >= 11 is 0. The van der Waals surface area contributed by atoms with Crippen LogP contribution in [0.5, 0.6) is 0 Å². The molecule has 0 atom stereocenters. The topological polar surface area (TPSA) is 59.3 Å². The summed E-state index contributed by atoms with van der Waals surface area (Å²) in [6.45, 7) is 5.21. The minimum absolute atomic E-state index is 0.206. The first-order valence-corrected chi connectivity index (χ1v) is 7.74. The van der Waals surface area contributed by atoms with Gasteiger partial charge in [-0.1, -0.05) is 13.8 Å². The van der Waals surface area contributed by atoms with Gasteiger partial charge in [-0.2, -0.15) is 0 Å². The van der Waals surface area contributed by atoms with E-state index in [4.69, 9.17) is 4.42 Å². The molecule has 0 spiro atoms. The summed E-state index contributed by atoms with van der Waals surface area (Å²) < 4.78 is 28.2. The van der Waals surface area contributed by atoms with Crippen LogP contribution >= 0.6 is 0 Å². The summed E-state index contributed by atoms with van der Waals surface area (Å²) in [5.74, 6) is 0.930. The van der Waals surface area contributed by atoms with Gasteiger partial charge >= 0.3 is 0 Å². The number of sulfone groups is 1. The Morgan fingerprint density at radius 1 is 1.35 bits per heavy atom. The van der Waals surface area contributed by atoms with Crippen LogP contribution in [0, 0.1) is 5.92 Å². The number of hydrogen-bond donors (Lipinski definition) is 1. The zero-order valence-corrected chi connectivity index (χ0v) is 11.3. The van der Waals surface area contributed by atoms with Gasteiger partial charge in [0.15, 0.2) is 9.84 Å². The Morgan fingerprint density at radius 2 is 2.12 bits per heavy atom. The molecular formula is C12H21NO3S. The summed E-state index contributed by atoms with van der Waals surface area (Å²) in [5.41, 5.74) is 1.03. The fraction of sp³-hybridized carbons (Fsp3) is 0.667. The normalized spacial score (nSPS) is 12.2. The van der Waals surface area contributed by atoms with Gasteiger partial charge in [0.2, 0.25) is 0 Å². The van der Waals surface area contributed by atoms with Crippen LogP contribution < -0.4 is 5.32 Å². The van der Waals surface area contributed by atoms with Gasteiger partial charge in [-0.25, -0.2) is 8.42 Å². The maximum absolute atomic E-state index is 11.6. The molecule has 0 saturated carbocycles. The highest BCUT2D eigenvalue weighted by molar-refractivity contribution is 7.91. The predicted molar refractivity (Wildman–Crippen MR) is 68.5 cm³/mol. The molecule has 0 unspecified atom stereocenters. The Balaban J connectivity index is 2.17. The highest BCUT2D eigenvalue weighted by atomic mass is 32.2. The van der Waals surface area contributed by atoms with E-state index in [0.29, 0.717) is 19.0 Å². The highest BCUT2D eigenvalue weighted by Gasteiger charge is 2.11. The van der Waals surface area contributed by atoms with Gasteiger partial charge in [-0.05, 0) is 18.4 Å². The molecular weight excluding hydrogens is 238 g/mol. The fourth-order valence-electron chi connectivity index (χ4n) is 1.37. The van der Waals surface area contributed by atoms with Crippen molar-refractivity contribution in [3.8, 4) is 0 Å². The SMILES string of the molecule is CC(C)CCS(=O)(=O)CCNCc1ccoc1. The van der Waals surface area contributed by atoms with Gasteiger partial charge < -0.3 is 9.73 Å². The predicted octanol–water partition coefficient (Wildman–Crippen LogP) is 1.83. The molecule has 5 heteroatoms. The number of nitrogens with one attached hydrogen (secondary N) is 1. The first-order valence-electron chi connectivity index (χ1n) is 5.92. The van der Waals surface area contributed by atoms with Crippen LogP contribution in [0.2, 0.25) is 0 Å². The van der Waals surface area contributed by atoms with E-state index in [-0.39, 0.29) is 11.5 Å². The van der Waals surface area contributed by atoms with Crippen LogP contribution in [-0.2, 0) is 16.4 Å². The molecule has 0 radical (unpaired) electrons. The second-order valence-electron chi connectivity index (χ2n) is 4.64. The standard InChI is InChI=1S/C12H21NO3S/c1-11(2)4-7-17(14,15)8-5-13-9-12-3-6-16-10-12/h3,6,10-11,13H,4-5,7-9H2,1-2H3. The van der Waals surface area contributed by atoms with Crippen molar-refractivity contribution in [3.05, 3.63) is 24.2 Å². The zero-order valence-electron chi connectivity index (χ0n) is 10.5. The Kier molecular flexibility index (Phi) is 5.71. The molecule has 1 rings (SSSR count).